The lowest BCUT2D eigenvalue weighted by Gasteiger charge is -2.29. The van der Waals surface area contributed by atoms with E-state index in [1.807, 2.05) is 0 Å². The van der Waals surface area contributed by atoms with Crippen LogP contribution in [-0.2, 0) is 10.4 Å². The van der Waals surface area contributed by atoms with Crippen molar-refractivity contribution in [1.29, 1.82) is 0 Å². The Morgan fingerprint density at radius 1 is 1.26 bits per heavy atom. The van der Waals surface area contributed by atoms with Gasteiger partial charge in [0.25, 0.3) is 5.60 Å². The quantitative estimate of drug-likeness (QED) is 0.470. The zero-order chi connectivity index (χ0) is 23.0. The van der Waals surface area contributed by atoms with Crippen molar-refractivity contribution in [2.24, 2.45) is 5.16 Å². The molecule has 0 saturated carbocycles. The van der Waals surface area contributed by atoms with Crippen molar-refractivity contribution in [1.82, 2.24) is 5.32 Å². The van der Waals surface area contributed by atoms with Gasteiger partial charge in [-0.3, -0.25) is 0 Å². The molecule has 2 unspecified atom stereocenters. The summed E-state index contributed by atoms with van der Waals surface area (Å²) in [6.07, 6.45) is -6.64. The zero-order valence-corrected chi connectivity index (χ0v) is 18.2. The third-order valence-corrected chi connectivity index (χ3v) is 5.72. The molecule has 2 aromatic carbocycles. The lowest BCUT2D eigenvalue weighted by molar-refractivity contribution is -0.275. The van der Waals surface area contributed by atoms with Crippen LogP contribution in [0.15, 0.2) is 41.6 Å². The standard InChI is InChI=1S/C20H16Cl3F3N2O3/c1-10-2-3-11(4-15(10)16(23)9-27-18(29)30)17-8-19(31-28-17,20(24,25)26)12-5-13(21)7-14(22)6-12/h2-7,16,27H,8-9H2,1H3,(H,29,30). The van der Waals surface area contributed by atoms with Crippen molar-refractivity contribution in [2.75, 3.05) is 6.54 Å². The van der Waals surface area contributed by atoms with Crippen LogP contribution in [0.1, 0.15) is 34.1 Å². The molecule has 2 atom stereocenters. The van der Waals surface area contributed by atoms with Crippen LogP contribution < -0.4 is 5.32 Å². The number of carbonyl (C=O) groups is 1. The van der Waals surface area contributed by atoms with Crippen LogP contribution in [0.4, 0.5) is 18.0 Å². The summed E-state index contributed by atoms with van der Waals surface area (Å²) < 4.78 is 42.4. The Balaban J connectivity index is 1.95. The number of rotatable bonds is 5. The van der Waals surface area contributed by atoms with Gasteiger partial charge in [0, 0.05) is 28.6 Å². The van der Waals surface area contributed by atoms with Gasteiger partial charge in [0.2, 0.25) is 0 Å². The van der Waals surface area contributed by atoms with Crippen LogP contribution >= 0.6 is 34.8 Å². The molecule has 1 aliphatic heterocycles. The summed E-state index contributed by atoms with van der Waals surface area (Å²) in [5.74, 6) is 0. The van der Waals surface area contributed by atoms with Crippen LogP contribution in [0.2, 0.25) is 10.0 Å². The highest BCUT2D eigenvalue weighted by Gasteiger charge is 2.62. The van der Waals surface area contributed by atoms with Gasteiger partial charge < -0.3 is 15.3 Å². The van der Waals surface area contributed by atoms with Crippen molar-refractivity contribution in [2.45, 2.75) is 30.5 Å². The lowest BCUT2D eigenvalue weighted by atomic mass is 9.86. The molecule has 0 aliphatic carbocycles. The molecule has 1 heterocycles. The van der Waals surface area contributed by atoms with Gasteiger partial charge in [-0.2, -0.15) is 13.2 Å². The Labute approximate surface area is 190 Å². The van der Waals surface area contributed by atoms with Crippen LogP contribution in [0.5, 0.6) is 0 Å². The van der Waals surface area contributed by atoms with E-state index >= 15 is 0 Å². The maximum absolute atomic E-state index is 14.1. The average molecular weight is 496 g/mol. The summed E-state index contributed by atoms with van der Waals surface area (Å²) in [5, 5.41) is 14.0. The van der Waals surface area contributed by atoms with E-state index in [1.165, 1.54) is 6.07 Å². The van der Waals surface area contributed by atoms with Crippen molar-refractivity contribution in [3.05, 3.63) is 68.7 Å². The molecule has 0 radical (unpaired) electrons. The molecule has 31 heavy (non-hydrogen) atoms. The molecule has 5 nitrogen and oxygen atoms in total. The van der Waals surface area contributed by atoms with Gasteiger partial charge in [0.1, 0.15) is 0 Å². The molecule has 3 rings (SSSR count). The third-order valence-electron chi connectivity index (χ3n) is 4.90. The molecule has 166 valence electrons. The van der Waals surface area contributed by atoms with E-state index in [9.17, 15) is 18.0 Å². The number of alkyl halides is 4. The topological polar surface area (TPSA) is 70.9 Å². The first-order valence-corrected chi connectivity index (χ1v) is 10.1. The van der Waals surface area contributed by atoms with Gasteiger partial charge in [-0.25, -0.2) is 4.79 Å². The van der Waals surface area contributed by atoms with Crippen LogP contribution in [-0.4, -0.2) is 29.6 Å². The number of nitrogens with one attached hydrogen (secondary N) is 1. The summed E-state index contributed by atoms with van der Waals surface area (Å²) in [4.78, 5) is 15.7. The van der Waals surface area contributed by atoms with Gasteiger partial charge in [-0.15, -0.1) is 11.6 Å². The molecular weight excluding hydrogens is 480 g/mol. The first-order valence-electron chi connectivity index (χ1n) is 8.93. The first kappa shape index (κ1) is 23.5. The monoisotopic (exact) mass is 494 g/mol. The molecule has 1 aliphatic rings. The van der Waals surface area contributed by atoms with Gasteiger partial charge in [0.15, 0.2) is 0 Å². The fourth-order valence-electron chi connectivity index (χ4n) is 3.29. The maximum Gasteiger partial charge on any atom is 0.435 e. The Hall–Kier alpha value is -2.16. The molecule has 2 aromatic rings. The summed E-state index contributed by atoms with van der Waals surface area (Å²) >= 11 is 18.1. The fourth-order valence-corrected chi connectivity index (χ4v) is 4.13. The van der Waals surface area contributed by atoms with Crippen LogP contribution in [0, 0.1) is 6.92 Å². The molecule has 0 saturated heterocycles. The molecule has 0 spiro atoms. The zero-order valence-electron chi connectivity index (χ0n) is 15.9. The summed E-state index contributed by atoms with van der Waals surface area (Å²) in [6, 6.07) is 8.47. The third kappa shape index (κ3) is 4.86. The van der Waals surface area contributed by atoms with Gasteiger partial charge in [-0.1, -0.05) is 40.5 Å². The number of nitrogens with zero attached hydrogens (tertiary/aromatic N) is 1. The average Bonchev–Trinajstić information content (AvgIpc) is 3.12. The largest absolute Gasteiger partial charge is 0.465 e. The summed E-state index contributed by atoms with van der Waals surface area (Å²) in [6.45, 7) is 1.69. The molecule has 0 bridgehead atoms. The predicted molar refractivity (Wildman–Crippen MR) is 112 cm³/mol. The van der Waals surface area contributed by atoms with Gasteiger partial charge in [0.05, 0.1) is 11.1 Å². The smallest absolute Gasteiger partial charge is 0.435 e. The predicted octanol–water partition coefficient (Wildman–Crippen LogP) is 6.43. The molecule has 11 heteroatoms. The molecule has 2 N–H and O–H groups in total. The maximum atomic E-state index is 14.1. The van der Waals surface area contributed by atoms with Crippen molar-refractivity contribution < 1.29 is 27.9 Å². The van der Waals surface area contributed by atoms with Crippen LogP contribution in [0.25, 0.3) is 0 Å². The second kappa shape index (κ2) is 8.76. The number of oxime groups is 1. The highest BCUT2D eigenvalue weighted by molar-refractivity contribution is 6.34. The number of hydrogen-bond donors (Lipinski definition) is 2. The van der Waals surface area contributed by atoms with Crippen LogP contribution in [0.3, 0.4) is 0 Å². The van der Waals surface area contributed by atoms with E-state index in [0.717, 1.165) is 17.7 Å². The Kier molecular flexibility index (Phi) is 6.64. The van der Waals surface area contributed by atoms with E-state index in [4.69, 9.17) is 44.7 Å². The Morgan fingerprint density at radius 3 is 2.48 bits per heavy atom. The number of aryl methyl sites for hydroxylation is 1. The molecule has 0 aromatic heterocycles. The minimum absolute atomic E-state index is 0.0386. The number of benzene rings is 2. The van der Waals surface area contributed by atoms with Crippen molar-refractivity contribution in [3.63, 3.8) is 0 Å². The molecule has 0 fully saturated rings. The van der Waals surface area contributed by atoms with Gasteiger partial charge >= 0.3 is 12.3 Å². The first-order chi connectivity index (χ1) is 14.4. The Bertz CT molecular complexity index is 1030. The minimum Gasteiger partial charge on any atom is -0.465 e. The Morgan fingerprint density at radius 2 is 1.90 bits per heavy atom. The molecule has 1 amide bonds. The number of amides is 1. The van der Waals surface area contributed by atoms with E-state index in [1.54, 1.807) is 25.1 Å². The summed E-state index contributed by atoms with van der Waals surface area (Å²) in [5.41, 5.74) is -1.26. The van der Waals surface area contributed by atoms with E-state index in [2.05, 4.69) is 10.5 Å². The second-order valence-corrected chi connectivity index (χ2v) is 8.41. The SMILES string of the molecule is Cc1ccc(C2=NOC(c3cc(Cl)cc(Cl)c3)(C(F)(F)F)C2)cc1C(Cl)CNC(=O)O. The second-order valence-electron chi connectivity index (χ2n) is 7.01. The van der Waals surface area contributed by atoms with E-state index in [0.29, 0.717) is 11.1 Å². The van der Waals surface area contributed by atoms with Crippen molar-refractivity contribution >= 4 is 46.6 Å². The fraction of sp³-hybridized carbons (Fsp3) is 0.300. The number of hydrogen-bond acceptors (Lipinski definition) is 3. The summed E-state index contributed by atoms with van der Waals surface area (Å²) in [7, 11) is 0. The van der Waals surface area contributed by atoms with E-state index in [-0.39, 0.29) is 27.9 Å². The lowest BCUT2D eigenvalue weighted by Crippen LogP contribution is -2.42. The van der Waals surface area contributed by atoms with Gasteiger partial charge in [-0.05, 0) is 47.9 Å². The van der Waals surface area contributed by atoms with Crippen molar-refractivity contribution in [3.8, 4) is 0 Å². The number of carboxylic acid groups (broad SMARTS) is 1. The number of halogens is 6. The van der Waals surface area contributed by atoms with E-state index < -0.39 is 29.7 Å². The highest BCUT2D eigenvalue weighted by Crippen LogP contribution is 2.49. The minimum atomic E-state index is -4.81. The molecular formula is C20H16Cl3F3N2O3. The highest BCUT2D eigenvalue weighted by atomic mass is 35.5. The normalized spacial score (nSPS) is 19.5.